The molecule has 0 saturated carbocycles. The molecule has 0 spiro atoms. The predicted molar refractivity (Wildman–Crippen MR) is 173 cm³/mol. The van der Waals surface area contributed by atoms with Gasteiger partial charge in [0, 0.05) is 0 Å². The molecule has 5 heteroatoms. The summed E-state index contributed by atoms with van der Waals surface area (Å²) in [6.45, 7) is 13.5. The van der Waals surface area contributed by atoms with Crippen LogP contribution >= 0.6 is 22.7 Å². The molecule has 6 rings (SSSR count). The van der Waals surface area contributed by atoms with Crippen molar-refractivity contribution < 1.29 is 51.0 Å². The monoisotopic (exact) mass is 694 g/mol. The second kappa shape index (κ2) is 15.8. The molecular weight excluding hydrogens is 659 g/mol. The fourth-order valence-corrected chi connectivity index (χ4v) is 7.12. The molecule has 0 aliphatic carbocycles. The van der Waals surface area contributed by atoms with E-state index in [9.17, 15) is 0 Å². The van der Waals surface area contributed by atoms with Gasteiger partial charge in [-0.05, 0) is 44.2 Å². The number of hydrogen-bond donors (Lipinski definition) is 0. The van der Waals surface area contributed by atoms with E-state index < -0.39 is 0 Å². The van der Waals surface area contributed by atoms with Crippen molar-refractivity contribution in [3.05, 3.63) is 106 Å². The molecule has 0 aliphatic heterocycles. The first-order valence-corrected chi connectivity index (χ1v) is 15.6. The van der Waals surface area contributed by atoms with Crippen LogP contribution in [0.5, 0.6) is 0 Å². The largest absolute Gasteiger partial charge is 4.00 e. The molecule has 4 aromatic carbocycles. The van der Waals surface area contributed by atoms with Gasteiger partial charge in [-0.25, -0.2) is 0 Å². The van der Waals surface area contributed by atoms with Crippen LogP contribution < -0.4 is 24.8 Å². The Morgan fingerprint density at radius 1 is 0.585 bits per heavy atom. The van der Waals surface area contributed by atoms with Gasteiger partial charge in [0.15, 0.2) is 0 Å². The van der Waals surface area contributed by atoms with Crippen molar-refractivity contribution in [1.29, 1.82) is 0 Å². The minimum Gasteiger partial charge on any atom is -1.00 e. The number of aryl methyl sites for hydroxylation is 2. The third kappa shape index (κ3) is 7.93. The van der Waals surface area contributed by atoms with E-state index in [0.717, 1.165) is 12.8 Å². The number of fused-ring (bicyclic) bond motifs is 2. The van der Waals surface area contributed by atoms with Crippen molar-refractivity contribution in [3.8, 4) is 20.9 Å². The number of halogens is 2. The second-order valence-corrected chi connectivity index (χ2v) is 13.1. The Morgan fingerprint density at radius 2 is 0.976 bits per heavy atom. The Balaban J connectivity index is 0.000000267. The van der Waals surface area contributed by atoms with E-state index in [-0.39, 0.29) is 51.0 Å². The van der Waals surface area contributed by atoms with Gasteiger partial charge in [-0.2, -0.15) is 22.7 Å². The van der Waals surface area contributed by atoms with Crippen LogP contribution in [0.4, 0.5) is 0 Å². The first-order valence-electron chi connectivity index (χ1n) is 13.9. The molecule has 2 heterocycles. The van der Waals surface area contributed by atoms with E-state index >= 15 is 0 Å². The second-order valence-electron chi connectivity index (χ2n) is 10.7. The van der Waals surface area contributed by atoms with E-state index in [1.807, 2.05) is 22.7 Å². The van der Waals surface area contributed by atoms with E-state index in [0.29, 0.717) is 11.8 Å². The zero-order valence-electron chi connectivity index (χ0n) is 24.7. The summed E-state index contributed by atoms with van der Waals surface area (Å²) in [7, 11) is 0. The average molecular weight is 697 g/mol. The van der Waals surface area contributed by atoms with Crippen molar-refractivity contribution in [2.45, 2.75) is 66.2 Å². The van der Waals surface area contributed by atoms with Gasteiger partial charge in [-0.15, -0.1) is 69.1 Å². The van der Waals surface area contributed by atoms with E-state index in [1.54, 1.807) is 0 Å². The molecule has 0 nitrogen and oxygen atoms in total. The quantitative estimate of drug-likeness (QED) is 0.189. The molecule has 0 aliphatic rings. The summed E-state index contributed by atoms with van der Waals surface area (Å²) < 4.78 is 0. The fraction of sp³-hybridized carbons (Fsp3) is 0.278. The van der Waals surface area contributed by atoms with Gasteiger partial charge in [-0.1, -0.05) is 101 Å². The SMILES string of the molecule is CCc1ccc(-c2cc3c(C(C)C)cccc3[cH-]2)s1.CCc1ccc(-c2cc3c(C(C)C)cccc3[cH-]2)s1.[Cl-].[Cl-].[Zr+4]. The number of benzene rings is 2. The average Bonchev–Trinajstić information content (AvgIpc) is 3.72. The Hall–Kier alpha value is -1.48. The van der Waals surface area contributed by atoms with Crippen LogP contribution in [0.1, 0.15) is 74.3 Å². The van der Waals surface area contributed by atoms with Crippen LogP contribution in [-0.2, 0) is 39.0 Å². The summed E-state index contributed by atoms with van der Waals surface area (Å²) in [5, 5.41) is 5.57. The first kappa shape index (κ1) is 35.7. The molecule has 0 N–H and O–H groups in total. The maximum absolute atomic E-state index is 2.36. The number of thiophene rings is 2. The normalized spacial score (nSPS) is 10.7. The Morgan fingerprint density at radius 3 is 1.29 bits per heavy atom. The third-order valence-corrected chi connectivity index (χ3v) is 9.96. The molecule has 0 saturated heterocycles. The summed E-state index contributed by atoms with van der Waals surface area (Å²) >= 11 is 3.83. The molecule has 0 amide bonds. The Kier molecular flexibility index (Phi) is 13.8. The molecule has 6 aromatic rings. The molecule has 0 bridgehead atoms. The molecule has 41 heavy (non-hydrogen) atoms. The molecular formula is C36H38Cl2S2Zr. The first-order chi connectivity index (χ1) is 18.4. The Labute approximate surface area is 285 Å². The van der Waals surface area contributed by atoms with Gasteiger partial charge in [0.1, 0.15) is 0 Å². The minimum atomic E-state index is 0. The fourth-order valence-electron chi connectivity index (χ4n) is 5.26. The van der Waals surface area contributed by atoms with Gasteiger partial charge in [0.05, 0.1) is 0 Å². The summed E-state index contributed by atoms with van der Waals surface area (Å²) in [5.41, 5.74) is 5.65. The van der Waals surface area contributed by atoms with Crippen LogP contribution in [0.25, 0.3) is 42.4 Å². The predicted octanol–water partition coefficient (Wildman–Crippen LogP) is 5.95. The summed E-state index contributed by atoms with van der Waals surface area (Å²) in [6, 6.07) is 31.7. The molecule has 0 fully saturated rings. The smallest absolute Gasteiger partial charge is 1.00 e. The van der Waals surface area contributed by atoms with Crippen molar-refractivity contribution >= 4 is 44.2 Å². The van der Waals surface area contributed by atoms with E-state index in [2.05, 4.69) is 126 Å². The van der Waals surface area contributed by atoms with Crippen LogP contribution in [0, 0.1) is 0 Å². The molecule has 0 unspecified atom stereocenters. The van der Waals surface area contributed by atoms with E-state index in [1.165, 1.54) is 63.3 Å². The van der Waals surface area contributed by atoms with Crippen LogP contribution in [0.3, 0.4) is 0 Å². The van der Waals surface area contributed by atoms with Crippen LogP contribution in [-0.4, -0.2) is 0 Å². The van der Waals surface area contributed by atoms with Crippen molar-refractivity contribution in [1.82, 2.24) is 0 Å². The molecule has 0 radical (unpaired) electrons. The van der Waals surface area contributed by atoms with Crippen LogP contribution in [0.15, 0.2) is 84.9 Å². The van der Waals surface area contributed by atoms with Crippen molar-refractivity contribution in [3.63, 3.8) is 0 Å². The zero-order chi connectivity index (χ0) is 26.8. The Bertz CT molecular complexity index is 1540. The minimum absolute atomic E-state index is 0. The summed E-state index contributed by atoms with van der Waals surface area (Å²) in [6.07, 6.45) is 2.25. The topological polar surface area (TPSA) is 0 Å². The van der Waals surface area contributed by atoms with Gasteiger partial charge in [-0.3, -0.25) is 0 Å². The maximum atomic E-state index is 2.36. The molecule has 0 atom stereocenters. The number of hydrogen-bond acceptors (Lipinski definition) is 2. The van der Waals surface area contributed by atoms with Gasteiger partial charge in [0.25, 0.3) is 0 Å². The standard InChI is InChI=1S/2C18H19S.2ClH.Zr/c2*1-4-15-8-9-18(19-15)14-10-13-6-5-7-16(12(2)3)17(13)11-14;;;/h2*5-12H,4H2,1-3H3;2*1H;/q2*-1;;;+4/p-2. The van der Waals surface area contributed by atoms with Crippen molar-refractivity contribution in [2.24, 2.45) is 0 Å². The van der Waals surface area contributed by atoms with Gasteiger partial charge >= 0.3 is 26.2 Å². The van der Waals surface area contributed by atoms with Gasteiger partial charge in [0.2, 0.25) is 0 Å². The van der Waals surface area contributed by atoms with Gasteiger partial charge < -0.3 is 24.8 Å². The number of rotatable bonds is 6. The van der Waals surface area contributed by atoms with Crippen molar-refractivity contribution in [2.75, 3.05) is 0 Å². The van der Waals surface area contributed by atoms with E-state index in [4.69, 9.17) is 0 Å². The maximum Gasteiger partial charge on any atom is 4.00 e. The summed E-state index contributed by atoms with van der Waals surface area (Å²) in [5.74, 6) is 1.15. The summed E-state index contributed by atoms with van der Waals surface area (Å²) in [4.78, 5) is 5.71. The molecule has 2 aromatic heterocycles. The zero-order valence-corrected chi connectivity index (χ0v) is 30.3. The third-order valence-electron chi connectivity index (χ3n) is 7.40. The molecule has 212 valence electrons. The van der Waals surface area contributed by atoms with Crippen LogP contribution in [0.2, 0.25) is 0 Å².